The van der Waals surface area contributed by atoms with Gasteiger partial charge < -0.3 is 4.74 Å². The Balaban J connectivity index is 1.65. The number of carbonyl (C=O) groups is 2. The van der Waals surface area contributed by atoms with Crippen molar-refractivity contribution in [2.24, 2.45) is 5.10 Å². The molecule has 0 heterocycles. The van der Waals surface area contributed by atoms with E-state index in [9.17, 15) is 9.59 Å². The molecule has 0 atom stereocenters. The summed E-state index contributed by atoms with van der Waals surface area (Å²) >= 11 is 17.7. The maximum absolute atomic E-state index is 12.3. The first-order valence-electron chi connectivity index (χ1n) is 8.28. The highest BCUT2D eigenvalue weighted by molar-refractivity contribution is 6.36. The molecule has 0 spiro atoms. The lowest BCUT2D eigenvalue weighted by molar-refractivity contribution is 0.0734. The predicted octanol–water partition coefficient (Wildman–Crippen LogP) is 5.63. The van der Waals surface area contributed by atoms with E-state index >= 15 is 0 Å². The molecule has 0 bridgehead atoms. The number of hydrogen-bond acceptors (Lipinski definition) is 4. The van der Waals surface area contributed by atoms with Crippen LogP contribution in [0.4, 0.5) is 0 Å². The Morgan fingerprint density at radius 3 is 2.41 bits per heavy atom. The predicted molar refractivity (Wildman–Crippen MR) is 114 cm³/mol. The first-order chi connectivity index (χ1) is 13.9. The summed E-state index contributed by atoms with van der Waals surface area (Å²) in [5.41, 5.74) is 3.61. The SMILES string of the molecule is O=C(N/N=C\c1cccc(OC(=O)c2ccc(Cl)cc2Cl)c1)c1cccc(Cl)c1. The summed E-state index contributed by atoms with van der Waals surface area (Å²) < 4.78 is 5.34. The Morgan fingerprint density at radius 2 is 1.66 bits per heavy atom. The van der Waals surface area contributed by atoms with Gasteiger partial charge in [-0.2, -0.15) is 5.10 Å². The number of rotatable bonds is 5. The molecule has 0 radical (unpaired) electrons. The van der Waals surface area contributed by atoms with Crippen molar-refractivity contribution in [2.75, 3.05) is 0 Å². The molecule has 3 rings (SSSR count). The van der Waals surface area contributed by atoms with E-state index in [0.29, 0.717) is 26.9 Å². The molecule has 3 aromatic carbocycles. The van der Waals surface area contributed by atoms with Crippen molar-refractivity contribution in [3.8, 4) is 5.75 Å². The lowest BCUT2D eigenvalue weighted by atomic mass is 10.2. The van der Waals surface area contributed by atoms with E-state index in [1.807, 2.05) is 0 Å². The average molecular weight is 448 g/mol. The maximum atomic E-state index is 12.3. The number of halogens is 3. The van der Waals surface area contributed by atoms with E-state index in [-0.39, 0.29) is 10.6 Å². The van der Waals surface area contributed by atoms with Crippen LogP contribution in [-0.2, 0) is 0 Å². The molecule has 0 aliphatic carbocycles. The van der Waals surface area contributed by atoms with Crippen LogP contribution in [0, 0.1) is 0 Å². The van der Waals surface area contributed by atoms with Gasteiger partial charge in [-0.1, -0.05) is 53.0 Å². The van der Waals surface area contributed by atoms with Gasteiger partial charge >= 0.3 is 5.97 Å². The molecule has 0 saturated heterocycles. The van der Waals surface area contributed by atoms with Crippen LogP contribution in [-0.4, -0.2) is 18.1 Å². The van der Waals surface area contributed by atoms with Gasteiger partial charge in [0.05, 0.1) is 16.8 Å². The first kappa shape index (κ1) is 20.9. The van der Waals surface area contributed by atoms with E-state index in [1.165, 1.54) is 24.4 Å². The van der Waals surface area contributed by atoms with Crippen LogP contribution in [0.25, 0.3) is 0 Å². The summed E-state index contributed by atoms with van der Waals surface area (Å²) in [5.74, 6) is -0.718. The third-order valence-electron chi connectivity index (χ3n) is 3.69. The highest BCUT2D eigenvalue weighted by Crippen LogP contribution is 2.23. The van der Waals surface area contributed by atoms with Crippen molar-refractivity contribution in [3.63, 3.8) is 0 Å². The van der Waals surface area contributed by atoms with Gasteiger partial charge in [-0.3, -0.25) is 4.79 Å². The van der Waals surface area contributed by atoms with Gasteiger partial charge in [-0.05, 0) is 54.1 Å². The van der Waals surface area contributed by atoms with Crippen molar-refractivity contribution in [1.82, 2.24) is 5.43 Å². The van der Waals surface area contributed by atoms with E-state index in [4.69, 9.17) is 39.5 Å². The average Bonchev–Trinajstić information content (AvgIpc) is 2.68. The molecule has 146 valence electrons. The first-order valence-corrected chi connectivity index (χ1v) is 9.42. The number of hydrazone groups is 1. The minimum atomic E-state index is -0.616. The zero-order valence-electron chi connectivity index (χ0n) is 14.7. The number of benzene rings is 3. The minimum Gasteiger partial charge on any atom is -0.423 e. The molecule has 0 aromatic heterocycles. The van der Waals surface area contributed by atoms with Crippen molar-refractivity contribution < 1.29 is 14.3 Å². The molecular formula is C21H13Cl3N2O3. The van der Waals surface area contributed by atoms with Crippen LogP contribution in [0.2, 0.25) is 15.1 Å². The van der Waals surface area contributed by atoms with Gasteiger partial charge in [0.2, 0.25) is 0 Å². The number of ether oxygens (including phenoxy) is 1. The van der Waals surface area contributed by atoms with E-state index < -0.39 is 11.9 Å². The van der Waals surface area contributed by atoms with Crippen LogP contribution >= 0.6 is 34.8 Å². The molecule has 1 amide bonds. The molecule has 3 aromatic rings. The third-order valence-corrected chi connectivity index (χ3v) is 4.47. The molecule has 0 aliphatic heterocycles. The second kappa shape index (κ2) is 9.56. The van der Waals surface area contributed by atoms with Gasteiger partial charge in [0.25, 0.3) is 5.91 Å². The smallest absolute Gasteiger partial charge is 0.345 e. The second-order valence-electron chi connectivity index (χ2n) is 5.80. The number of amides is 1. The fraction of sp³-hybridized carbons (Fsp3) is 0. The Bertz CT molecular complexity index is 1100. The Hall–Kier alpha value is -2.86. The summed E-state index contributed by atoms with van der Waals surface area (Å²) in [7, 11) is 0. The molecule has 29 heavy (non-hydrogen) atoms. The van der Waals surface area contributed by atoms with Crippen molar-refractivity contribution in [3.05, 3.63) is 98.5 Å². The number of nitrogens with zero attached hydrogens (tertiary/aromatic N) is 1. The summed E-state index contributed by atoms with van der Waals surface area (Å²) in [6.07, 6.45) is 1.43. The fourth-order valence-corrected chi connectivity index (χ4v) is 3.01. The van der Waals surface area contributed by atoms with E-state index in [0.717, 1.165) is 0 Å². The van der Waals surface area contributed by atoms with Crippen LogP contribution in [0.1, 0.15) is 26.3 Å². The fourth-order valence-electron chi connectivity index (χ4n) is 2.34. The molecule has 0 fully saturated rings. The van der Waals surface area contributed by atoms with Gasteiger partial charge in [0.15, 0.2) is 0 Å². The summed E-state index contributed by atoms with van der Waals surface area (Å²) in [4.78, 5) is 24.3. The van der Waals surface area contributed by atoms with Crippen LogP contribution in [0.3, 0.4) is 0 Å². The molecule has 1 N–H and O–H groups in total. The van der Waals surface area contributed by atoms with Crippen LogP contribution < -0.4 is 10.2 Å². The third kappa shape index (κ3) is 5.81. The minimum absolute atomic E-state index is 0.198. The highest BCUT2D eigenvalue weighted by Gasteiger charge is 2.13. The zero-order chi connectivity index (χ0) is 20.8. The standard InChI is InChI=1S/C21H13Cl3N2O3/c22-15-5-2-4-14(10-15)20(27)26-25-12-13-3-1-6-17(9-13)29-21(28)18-8-7-16(23)11-19(18)24/h1-12H,(H,26,27)/b25-12-. The quantitative estimate of drug-likeness (QED) is 0.238. The number of esters is 1. The molecule has 5 nitrogen and oxygen atoms in total. The van der Waals surface area contributed by atoms with E-state index in [2.05, 4.69) is 10.5 Å². The second-order valence-corrected chi connectivity index (χ2v) is 7.08. The lowest BCUT2D eigenvalue weighted by Gasteiger charge is -2.07. The van der Waals surface area contributed by atoms with Crippen LogP contribution in [0.15, 0.2) is 71.8 Å². The maximum Gasteiger partial charge on any atom is 0.345 e. The molecule has 8 heteroatoms. The van der Waals surface area contributed by atoms with Gasteiger partial charge in [0.1, 0.15) is 5.75 Å². The number of hydrogen-bond donors (Lipinski definition) is 1. The Kier molecular flexibility index (Phi) is 6.88. The van der Waals surface area contributed by atoms with Gasteiger partial charge in [-0.25, -0.2) is 10.2 Å². The van der Waals surface area contributed by atoms with Crippen molar-refractivity contribution in [2.45, 2.75) is 0 Å². The monoisotopic (exact) mass is 446 g/mol. The molecule has 0 saturated carbocycles. The normalized spacial score (nSPS) is 10.7. The van der Waals surface area contributed by atoms with Crippen molar-refractivity contribution >= 4 is 52.9 Å². The largest absolute Gasteiger partial charge is 0.423 e. The van der Waals surface area contributed by atoms with Crippen LogP contribution in [0.5, 0.6) is 5.75 Å². The number of carbonyl (C=O) groups excluding carboxylic acids is 2. The summed E-state index contributed by atoms with van der Waals surface area (Å²) in [6, 6.07) is 17.6. The Morgan fingerprint density at radius 1 is 0.897 bits per heavy atom. The zero-order valence-corrected chi connectivity index (χ0v) is 17.0. The molecule has 0 aliphatic rings. The molecular weight excluding hydrogens is 435 g/mol. The lowest BCUT2D eigenvalue weighted by Crippen LogP contribution is -2.17. The summed E-state index contributed by atoms with van der Waals surface area (Å²) in [6.45, 7) is 0. The highest BCUT2D eigenvalue weighted by atomic mass is 35.5. The van der Waals surface area contributed by atoms with E-state index in [1.54, 1.807) is 48.5 Å². The van der Waals surface area contributed by atoms with Gasteiger partial charge in [0, 0.05) is 15.6 Å². The molecule has 0 unspecified atom stereocenters. The Labute approximate surface area is 181 Å². The topological polar surface area (TPSA) is 67.8 Å². The van der Waals surface area contributed by atoms with Crippen molar-refractivity contribution in [1.29, 1.82) is 0 Å². The summed E-state index contributed by atoms with van der Waals surface area (Å²) in [5, 5.41) is 4.98. The van der Waals surface area contributed by atoms with Gasteiger partial charge in [-0.15, -0.1) is 0 Å². The number of nitrogens with one attached hydrogen (secondary N) is 1.